The normalized spacial score (nSPS) is 14.4. The molecule has 176 valence electrons. The van der Waals surface area contributed by atoms with Crippen LogP contribution in [-0.2, 0) is 28.8 Å². The van der Waals surface area contributed by atoms with E-state index in [9.17, 15) is 28.8 Å². The molecule has 4 atom stereocenters. The molecule has 10 N–H and O–H groups in total. The SMILES string of the molecule is CSCCC(NC(=O)C(CC(N)=O)NC(=O)C(N)CO)C(=O)NC(CC(=O)O)C(=O)O. The van der Waals surface area contributed by atoms with Crippen molar-refractivity contribution in [3.05, 3.63) is 0 Å². The van der Waals surface area contributed by atoms with Gasteiger partial charge in [0.05, 0.1) is 19.4 Å². The first-order valence-electron chi connectivity index (χ1n) is 8.92. The Bertz CT molecular complexity index is 690. The molecule has 0 aliphatic heterocycles. The summed E-state index contributed by atoms with van der Waals surface area (Å²) in [6, 6.07) is -5.91. The van der Waals surface area contributed by atoms with Crippen molar-refractivity contribution in [2.75, 3.05) is 18.6 Å². The Balaban J connectivity index is 5.45. The number of aliphatic hydroxyl groups excluding tert-OH is 1. The number of thioether (sulfide) groups is 1. The lowest BCUT2D eigenvalue weighted by atomic mass is 10.1. The zero-order chi connectivity index (χ0) is 24.1. The third kappa shape index (κ3) is 11.2. The van der Waals surface area contributed by atoms with Gasteiger partial charge in [0.2, 0.25) is 23.6 Å². The second-order valence-corrected chi connectivity index (χ2v) is 7.35. The summed E-state index contributed by atoms with van der Waals surface area (Å²) in [6.45, 7) is -0.727. The Morgan fingerprint density at radius 2 is 1.39 bits per heavy atom. The monoisotopic (exact) mass is 465 g/mol. The van der Waals surface area contributed by atoms with E-state index in [0.29, 0.717) is 5.75 Å². The highest BCUT2D eigenvalue weighted by Gasteiger charge is 2.31. The zero-order valence-corrected chi connectivity index (χ0v) is 17.5. The molecule has 0 bridgehead atoms. The number of hydrogen-bond acceptors (Lipinski definition) is 9. The van der Waals surface area contributed by atoms with Crippen LogP contribution in [0.2, 0.25) is 0 Å². The number of nitrogens with one attached hydrogen (secondary N) is 3. The Hall–Kier alpha value is -2.91. The number of rotatable bonds is 15. The molecule has 31 heavy (non-hydrogen) atoms. The van der Waals surface area contributed by atoms with Gasteiger partial charge >= 0.3 is 11.9 Å². The number of carbonyl (C=O) groups is 6. The fraction of sp³-hybridized carbons (Fsp3) is 0.625. The number of aliphatic hydroxyl groups is 1. The highest BCUT2D eigenvalue weighted by molar-refractivity contribution is 7.98. The van der Waals surface area contributed by atoms with Crippen molar-refractivity contribution in [2.45, 2.75) is 43.4 Å². The van der Waals surface area contributed by atoms with E-state index in [1.807, 2.05) is 5.32 Å². The van der Waals surface area contributed by atoms with Crippen LogP contribution in [0, 0.1) is 0 Å². The molecule has 0 aliphatic carbocycles. The second kappa shape index (κ2) is 14.2. The summed E-state index contributed by atoms with van der Waals surface area (Å²) in [5, 5.41) is 33.2. The third-order valence-corrected chi connectivity index (χ3v) is 4.45. The maximum absolute atomic E-state index is 12.6. The van der Waals surface area contributed by atoms with E-state index in [1.54, 1.807) is 6.26 Å². The maximum Gasteiger partial charge on any atom is 0.326 e. The molecule has 0 saturated carbocycles. The lowest BCUT2D eigenvalue weighted by Gasteiger charge is -2.24. The molecule has 14 nitrogen and oxygen atoms in total. The quantitative estimate of drug-likeness (QED) is 0.115. The first kappa shape index (κ1) is 28.1. The minimum atomic E-state index is -1.73. The first-order chi connectivity index (χ1) is 14.4. The van der Waals surface area contributed by atoms with Crippen LogP contribution < -0.4 is 27.4 Å². The molecule has 0 spiro atoms. The van der Waals surface area contributed by atoms with Crippen molar-refractivity contribution in [2.24, 2.45) is 11.5 Å². The van der Waals surface area contributed by atoms with Crippen molar-refractivity contribution >= 4 is 47.3 Å². The topological polar surface area (TPSA) is 251 Å². The Morgan fingerprint density at radius 1 is 0.871 bits per heavy atom. The van der Waals surface area contributed by atoms with Crippen LogP contribution in [-0.4, -0.2) is 93.7 Å². The number of amides is 4. The summed E-state index contributed by atoms with van der Waals surface area (Å²) in [4.78, 5) is 70.1. The van der Waals surface area contributed by atoms with Gasteiger partial charge < -0.3 is 42.7 Å². The van der Waals surface area contributed by atoms with Gasteiger partial charge in [-0.25, -0.2) is 4.79 Å². The molecule has 15 heteroatoms. The van der Waals surface area contributed by atoms with Gasteiger partial charge in [0.15, 0.2) is 0 Å². The molecule has 4 amide bonds. The van der Waals surface area contributed by atoms with Crippen LogP contribution in [0.4, 0.5) is 0 Å². The number of aliphatic carboxylic acids is 2. The second-order valence-electron chi connectivity index (χ2n) is 6.36. The molecule has 0 aromatic carbocycles. The van der Waals surface area contributed by atoms with Crippen molar-refractivity contribution in [3.63, 3.8) is 0 Å². The van der Waals surface area contributed by atoms with Crippen molar-refractivity contribution in [1.82, 2.24) is 16.0 Å². The smallest absolute Gasteiger partial charge is 0.326 e. The molecular weight excluding hydrogens is 438 g/mol. The molecule has 0 rings (SSSR count). The Kier molecular flexibility index (Phi) is 12.8. The summed E-state index contributed by atoms with van der Waals surface area (Å²) < 4.78 is 0. The van der Waals surface area contributed by atoms with Gasteiger partial charge in [0.1, 0.15) is 24.2 Å². The fourth-order valence-electron chi connectivity index (χ4n) is 2.20. The maximum atomic E-state index is 12.6. The first-order valence-corrected chi connectivity index (χ1v) is 10.3. The van der Waals surface area contributed by atoms with Crippen LogP contribution in [0.25, 0.3) is 0 Å². The molecule has 0 aliphatic rings. The predicted molar refractivity (Wildman–Crippen MR) is 108 cm³/mol. The lowest BCUT2D eigenvalue weighted by Crippen LogP contribution is -2.58. The van der Waals surface area contributed by atoms with Crippen molar-refractivity contribution < 1.29 is 44.1 Å². The third-order valence-electron chi connectivity index (χ3n) is 3.81. The number of primary amides is 1. The van der Waals surface area contributed by atoms with Crippen molar-refractivity contribution in [1.29, 1.82) is 0 Å². The van der Waals surface area contributed by atoms with Gasteiger partial charge in [-0.1, -0.05) is 0 Å². The number of carboxylic acid groups (broad SMARTS) is 2. The van der Waals surface area contributed by atoms with Crippen molar-refractivity contribution in [3.8, 4) is 0 Å². The van der Waals surface area contributed by atoms with Gasteiger partial charge in [-0.2, -0.15) is 11.8 Å². The molecule has 0 saturated heterocycles. The molecule has 0 aromatic rings. The van der Waals surface area contributed by atoms with Crippen LogP contribution in [0.15, 0.2) is 0 Å². The van der Waals surface area contributed by atoms with Gasteiger partial charge in [0, 0.05) is 0 Å². The number of carbonyl (C=O) groups excluding carboxylic acids is 4. The van der Waals surface area contributed by atoms with E-state index in [4.69, 9.17) is 26.8 Å². The standard InChI is InChI=1S/C16H27N5O9S/c1-31-3-2-8(14(27)21-10(16(29)30)5-12(24)25)19-15(28)9(4-11(18)23)20-13(26)7(17)6-22/h7-10,22H,2-6,17H2,1H3,(H2,18,23)(H,19,28)(H,20,26)(H,21,27)(H,24,25)(H,29,30). The summed E-state index contributed by atoms with van der Waals surface area (Å²) in [5.41, 5.74) is 10.4. The summed E-state index contributed by atoms with van der Waals surface area (Å²) in [6.07, 6.45) is 0.228. The van der Waals surface area contributed by atoms with E-state index in [0.717, 1.165) is 0 Å². The molecule has 0 aromatic heterocycles. The molecule has 0 heterocycles. The van der Waals surface area contributed by atoms with E-state index in [2.05, 4.69) is 10.6 Å². The molecular formula is C16H27N5O9S. The average Bonchev–Trinajstić information content (AvgIpc) is 2.68. The minimum Gasteiger partial charge on any atom is -0.481 e. The van der Waals surface area contributed by atoms with Crippen LogP contribution in [0.5, 0.6) is 0 Å². The zero-order valence-electron chi connectivity index (χ0n) is 16.7. The molecule has 0 fully saturated rings. The summed E-state index contributed by atoms with van der Waals surface area (Å²) in [5.74, 6) is -6.52. The highest BCUT2D eigenvalue weighted by atomic mass is 32.2. The largest absolute Gasteiger partial charge is 0.481 e. The Morgan fingerprint density at radius 3 is 1.84 bits per heavy atom. The Labute approximate surface area is 181 Å². The molecule has 4 unspecified atom stereocenters. The number of hydrogen-bond donors (Lipinski definition) is 8. The van der Waals surface area contributed by atoms with Gasteiger partial charge in [-0.15, -0.1) is 0 Å². The van der Waals surface area contributed by atoms with Gasteiger partial charge in [-0.3, -0.25) is 24.0 Å². The van der Waals surface area contributed by atoms with E-state index >= 15 is 0 Å². The number of carboxylic acids is 2. The van der Waals surface area contributed by atoms with Crippen LogP contribution >= 0.6 is 11.8 Å². The van der Waals surface area contributed by atoms with Gasteiger partial charge in [-0.05, 0) is 18.4 Å². The van der Waals surface area contributed by atoms with E-state index in [-0.39, 0.29) is 6.42 Å². The summed E-state index contributed by atoms with van der Waals surface area (Å²) in [7, 11) is 0. The average molecular weight is 465 g/mol. The van der Waals surface area contributed by atoms with E-state index in [1.165, 1.54) is 11.8 Å². The lowest BCUT2D eigenvalue weighted by molar-refractivity contribution is -0.147. The fourth-order valence-corrected chi connectivity index (χ4v) is 2.67. The molecule has 0 radical (unpaired) electrons. The summed E-state index contributed by atoms with van der Waals surface area (Å²) >= 11 is 1.32. The minimum absolute atomic E-state index is 0.0333. The van der Waals surface area contributed by atoms with E-state index < -0.39 is 79.2 Å². The number of nitrogens with two attached hydrogens (primary N) is 2. The van der Waals surface area contributed by atoms with Crippen LogP contribution in [0.1, 0.15) is 19.3 Å². The van der Waals surface area contributed by atoms with Gasteiger partial charge in [0.25, 0.3) is 0 Å². The predicted octanol–water partition coefficient (Wildman–Crippen LogP) is -4.05. The van der Waals surface area contributed by atoms with Crippen LogP contribution in [0.3, 0.4) is 0 Å². The highest BCUT2D eigenvalue weighted by Crippen LogP contribution is 2.05.